The average molecular weight is 423 g/mol. The number of primary amides is 1. The highest BCUT2D eigenvalue weighted by Crippen LogP contribution is 2.37. The van der Waals surface area contributed by atoms with Crippen molar-refractivity contribution in [2.45, 2.75) is 19.6 Å². The van der Waals surface area contributed by atoms with Crippen LogP contribution in [-0.4, -0.2) is 30.8 Å². The summed E-state index contributed by atoms with van der Waals surface area (Å²) in [5.74, 6) is 0.419. The Hall–Kier alpha value is -2.09. The smallest absolute Gasteiger partial charge is 0.255 e. The van der Waals surface area contributed by atoms with E-state index in [-0.39, 0.29) is 6.61 Å². The number of aliphatic hydroxyl groups is 1. The van der Waals surface area contributed by atoms with E-state index in [1.807, 2.05) is 49.4 Å². The van der Waals surface area contributed by atoms with Gasteiger partial charge in [0.2, 0.25) is 0 Å². The van der Waals surface area contributed by atoms with Crippen LogP contribution in [-0.2, 0) is 11.3 Å². The van der Waals surface area contributed by atoms with Crippen LogP contribution < -0.4 is 20.5 Å². The molecule has 0 unspecified atom stereocenters. The second kappa shape index (κ2) is 10.2. The molecule has 2 rings (SSSR count). The molecule has 26 heavy (non-hydrogen) atoms. The minimum absolute atomic E-state index is 0.223. The maximum Gasteiger partial charge on any atom is 0.255 e. The van der Waals surface area contributed by atoms with Gasteiger partial charge in [-0.15, -0.1) is 0 Å². The van der Waals surface area contributed by atoms with Crippen LogP contribution in [0.15, 0.2) is 46.9 Å². The van der Waals surface area contributed by atoms with Gasteiger partial charge < -0.3 is 25.6 Å². The lowest BCUT2D eigenvalue weighted by atomic mass is 10.1. The van der Waals surface area contributed by atoms with Crippen molar-refractivity contribution in [3.8, 4) is 11.5 Å². The number of halogens is 1. The number of carbonyl (C=O) groups excluding carboxylic acids is 1. The van der Waals surface area contributed by atoms with Crippen molar-refractivity contribution in [2.75, 3.05) is 19.8 Å². The minimum atomic E-state index is -0.579. The molecule has 0 aliphatic rings. The summed E-state index contributed by atoms with van der Waals surface area (Å²) in [5.41, 5.74) is 6.95. The molecule has 0 aliphatic carbocycles. The van der Waals surface area contributed by atoms with Crippen molar-refractivity contribution in [1.82, 2.24) is 5.32 Å². The summed E-state index contributed by atoms with van der Waals surface area (Å²) in [4.78, 5) is 10.9. The number of rotatable bonds is 10. The lowest BCUT2D eigenvalue weighted by Crippen LogP contribution is -2.21. The maximum absolute atomic E-state index is 10.9. The van der Waals surface area contributed by atoms with Crippen molar-refractivity contribution < 1.29 is 19.4 Å². The number of ether oxygens (including phenoxy) is 2. The number of nitrogens with one attached hydrogen (secondary N) is 1. The number of benzene rings is 2. The Morgan fingerprint density at radius 2 is 2.00 bits per heavy atom. The van der Waals surface area contributed by atoms with E-state index < -0.39 is 12.0 Å². The van der Waals surface area contributed by atoms with Crippen molar-refractivity contribution in [2.24, 2.45) is 5.73 Å². The van der Waals surface area contributed by atoms with Crippen molar-refractivity contribution in [1.29, 1.82) is 0 Å². The summed E-state index contributed by atoms with van der Waals surface area (Å²) in [6, 6.07) is 13.2. The first-order valence-corrected chi connectivity index (χ1v) is 9.10. The predicted octanol–water partition coefficient (Wildman–Crippen LogP) is 2.54. The first-order chi connectivity index (χ1) is 12.5. The Kier molecular flexibility index (Phi) is 7.90. The summed E-state index contributed by atoms with van der Waals surface area (Å²) in [5, 5.41) is 13.4. The standard InChI is InChI=1S/C19H23BrN2O4/c1-2-25-17-9-13(8-15(20)19(17)26-12-18(21)24)10-22-11-16(23)14-6-4-3-5-7-14/h3-9,16,22-23H,2,10-12H2,1H3,(H2,21,24)/t16-/m0/s1. The van der Waals surface area contributed by atoms with E-state index in [0.29, 0.717) is 35.7 Å². The van der Waals surface area contributed by atoms with E-state index in [4.69, 9.17) is 15.2 Å². The van der Waals surface area contributed by atoms with Gasteiger partial charge in [0.05, 0.1) is 17.2 Å². The molecule has 0 heterocycles. The Labute approximate surface area is 161 Å². The Morgan fingerprint density at radius 3 is 2.65 bits per heavy atom. The summed E-state index contributed by atoms with van der Waals surface area (Å²) in [7, 11) is 0. The van der Waals surface area contributed by atoms with Gasteiger partial charge in [0, 0.05) is 13.1 Å². The van der Waals surface area contributed by atoms with E-state index in [9.17, 15) is 9.90 Å². The highest BCUT2D eigenvalue weighted by atomic mass is 79.9. The Balaban J connectivity index is 2.01. The zero-order valence-electron chi connectivity index (χ0n) is 14.6. The number of nitrogens with two attached hydrogens (primary N) is 1. The lowest BCUT2D eigenvalue weighted by Gasteiger charge is -2.16. The van der Waals surface area contributed by atoms with Gasteiger partial charge in [0.25, 0.3) is 5.91 Å². The number of aliphatic hydroxyl groups excluding tert-OH is 1. The maximum atomic E-state index is 10.9. The summed E-state index contributed by atoms with van der Waals surface area (Å²) in [6.45, 7) is 3.07. The quantitative estimate of drug-likeness (QED) is 0.546. The molecular formula is C19H23BrN2O4. The Bertz CT molecular complexity index is 725. The zero-order valence-corrected chi connectivity index (χ0v) is 16.2. The molecule has 0 spiro atoms. The molecule has 0 saturated heterocycles. The fourth-order valence-corrected chi connectivity index (χ4v) is 3.02. The monoisotopic (exact) mass is 422 g/mol. The molecule has 0 radical (unpaired) electrons. The second-order valence-electron chi connectivity index (χ2n) is 5.65. The van der Waals surface area contributed by atoms with Crippen LogP contribution in [0, 0.1) is 0 Å². The van der Waals surface area contributed by atoms with Gasteiger partial charge in [0.1, 0.15) is 0 Å². The van der Waals surface area contributed by atoms with Gasteiger partial charge in [-0.25, -0.2) is 0 Å². The van der Waals surface area contributed by atoms with Crippen molar-refractivity contribution in [3.63, 3.8) is 0 Å². The molecule has 0 saturated carbocycles. The van der Waals surface area contributed by atoms with Gasteiger partial charge in [-0.2, -0.15) is 0 Å². The van der Waals surface area contributed by atoms with Gasteiger partial charge in [-0.3, -0.25) is 4.79 Å². The molecule has 0 bridgehead atoms. The number of amides is 1. The minimum Gasteiger partial charge on any atom is -0.490 e. The van der Waals surface area contributed by atoms with E-state index in [0.717, 1.165) is 11.1 Å². The molecule has 7 heteroatoms. The van der Waals surface area contributed by atoms with Gasteiger partial charge >= 0.3 is 0 Å². The fourth-order valence-electron chi connectivity index (χ4n) is 2.42. The Morgan fingerprint density at radius 1 is 1.27 bits per heavy atom. The SMILES string of the molecule is CCOc1cc(CNC[C@H](O)c2ccccc2)cc(Br)c1OCC(N)=O. The number of hydrogen-bond acceptors (Lipinski definition) is 5. The van der Waals surface area contributed by atoms with Gasteiger partial charge in [-0.05, 0) is 46.1 Å². The third-order valence-corrected chi connectivity index (χ3v) is 4.17. The van der Waals surface area contributed by atoms with Crippen LogP contribution in [0.2, 0.25) is 0 Å². The largest absolute Gasteiger partial charge is 0.490 e. The zero-order chi connectivity index (χ0) is 18.9. The van der Waals surface area contributed by atoms with Crippen LogP contribution in [0.4, 0.5) is 0 Å². The third kappa shape index (κ3) is 6.01. The number of carbonyl (C=O) groups is 1. The lowest BCUT2D eigenvalue weighted by molar-refractivity contribution is -0.119. The summed E-state index contributed by atoms with van der Waals surface area (Å²) >= 11 is 3.44. The van der Waals surface area contributed by atoms with Crippen LogP contribution in [0.1, 0.15) is 24.2 Å². The first kappa shape index (κ1) is 20.2. The van der Waals surface area contributed by atoms with E-state index in [1.165, 1.54) is 0 Å². The summed E-state index contributed by atoms with van der Waals surface area (Å²) in [6.07, 6.45) is -0.579. The normalized spacial score (nSPS) is 11.8. The van der Waals surface area contributed by atoms with E-state index in [1.54, 1.807) is 0 Å². The average Bonchev–Trinajstić information content (AvgIpc) is 2.61. The fraction of sp³-hybridized carbons (Fsp3) is 0.316. The number of hydrogen-bond donors (Lipinski definition) is 3. The van der Waals surface area contributed by atoms with E-state index in [2.05, 4.69) is 21.2 Å². The molecule has 2 aromatic rings. The predicted molar refractivity (Wildman–Crippen MR) is 103 cm³/mol. The van der Waals surface area contributed by atoms with Gasteiger partial charge in [-0.1, -0.05) is 30.3 Å². The second-order valence-corrected chi connectivity index (χ2v) is 6.50. The molecule has 0 aliphatic heterocycles. The molecule has 1 atom stereocenters. The molecule has 4 N–H and O–H groups in total. The summed E-state index contributed by atoms with van der Waals surface area (Å²) < 4.78 is 11.7. The van der Waals surface area contributed by atoms with Crippen molar-refractivity contribution >= 4 is 21.8 Å². The first-order valence-electron chi connectivity index (χ1n) is 8.31. The molecular weight excluding hydrogens is 400 g/mol. The molecule has 140 valence electrons. The molecule has 0 fully saturated rings. The van der Waals surface area contributed by atoms with Crippen LogP contribution >= 0.6 is 15.9 Å². The van der Waals surface area contributed by atoms with Crippen LogP contribution in [0.25, 0.3) is 0 Å². The van der Waals surface area contributed by atoms with Crippen molar-refractivity contribution in [3.05, 3.63) is 58.1 Å². The highest BCUT2D eigenvalue weighted by molar-refractivity contribution is 9.10. The molecule has 1 amide bonds. The highest BCUT2D eigenvalue weighted by Gasteiger charge is 2.14. The molecule has 0 aromatic heterocycles. The molecule has 2 aromatic carbocycles. The van der Waals surface area contributed by atoms with E-state index >= 15 is 0 Å². The van der Waals surface area contributed by atoms with Crippen LogP contribution in [0.5, 0.6) is 11.5 Å². The van der Waals surface area contributed by atoms with Crippen LogP contribution in [0.3, 0.4) is 0 Å². The van der Waals surface area contributed by atoms with Gasteiger partial charge in [0.15, 0.2) is 18.1 Å². The third-order valence-electron chi connectivity index (χ3n) is 3.58. The topological polar surface area (TPSA) is 93.8 Å². The molecule has 6 nitrogen and oxygen atoms in total.